The molecule has 3 aromatic heterocycles. The van der Waals surface area contributed by atoms with Crippen molar-refractivity contribution in [2.45, 2.75) is 45.1 Å². The van der Waals surface area contributed by atoms with Crippen LogP contribution in [0.4, 0.5) is 9.18 Å². The molecule has 5 rings (SSSR count). The minimum Gasteiger partial charge on any atom is -0.444 e. The topological polar surface area (TPSA) is 77.5 Å². The SMILES string of the molecule is Cn1cc2cc(-c3nn4cc(C5CCN(C(=O)OC(C)(C)C)CC5)nc4s3)c(F)c(Cl)c2n1. The number of imidazole rings is 1. The van der Waals surface area contributed by atoms with Crippen molar-refractivity contribution >= 4 is 44.9 Å². The lowest BCUT2D eigenvalue weighted by Gasteiger charge is -2.32. The average molecular weight is 491 g/mol. The Morgan fingerprint density at radius 3 is 2.64 bits per heavy atom. The zero-order chi connectivity index (χ0) is 23.5. The van der Waals surface area contributed by atoms with E-state index in [9.17, 15) is 9.18 Å². The highest BCUT2D eigenvalue weighted by molar-refractivity contribution is 7.19. The van der Waals surface area contributed by atoms with Crippen LogP contribution >= 0.6 is 22.9 Å². The van der Waals surface area contributed by atoms with E-state index >= 15 is 0 Å². The van der Waals surface area contributed by atoms with Crippen LogP contribution < -0.4 is 0 Å². The third-order valence-electron chi connectivity index (χ3n) is 5.65. The van der Waals surface area contributed by atoms with Gasteiger partial charge in [-0.25, -0.2) is 18.7 Å². The summed E-state index contributed by atoms with van der Waals surface area (Å²) in [5, 5.41) is 10.0. The number of carbonyl (C=O) groups is 1. The molecule has 8 nitrogen and oxygen atoms in total. The first-order valence-corrected chi connectivity index (χ1v) is 11.9. The molecule has 0 aliphatic carbocycles. The maximum absolute atomic E-state index is 14.9. The number of fused-ring (bicyclic) bond motifs is 2. The van der Waals surface area contributed by atoms with E-state index in [1.807, 2.05) is 27.0 Å². The number of aromatic nitrogens is 5. The smallest absolute Gasteiger partial charge is 0.410 e. The van der Waals surface area contributed by atoms with Gasteiger partial charge in [-0.05, 0) is 39.7 Å². The van der Waals surface area contributed by atoms with Crippen molar-refractivity contribution in [3.05, 3.63) is 35.0 Å². The minimum atomic E-state index is -0.533. The van der Waals surface area contributed by atoms with Crippen LogP contribution in [0.3, 0.4) is 0 Å². The molecule has 1 amide bonds. The van der Waals surface area contributed by atoms with E-state index in [2.05, 4.69) is 10.2 Å². The molecule has 0 unspecified atom stereocenters. The summed E-state index contributed by atoms with van der Waals surface area (Å²) in [4.78, 5) is 19.5. The van der Waals surface area contributed by atoms with Crippen LogP contribution in [0.1, 0.15) is 45.2 Å². The van der Waals surface area contributed by atoms with Crippen LogP contribution in [-0.4, -0.2) is 54.1 Å². The molecule has 4 heterocycles. The highest BCUT2D eigenvalue weighted by atomic mass is 35.5. The van der Waals surface area contributed by atoms with Gasteiger partial charge < -0.3 is 9.64 Å². The normalized spacial score (nSPS) is 15.6. The predicted octanol–water partition coefficient (Wildman–Crippen LogP) is 5.25. The summed E-state index contributed by atoms with van der Waals surface area (Å²) in [5.41, 5.74) is 1.20. The first-order valence-electron chi connectivity index (χ1n) is 10.7. The molecule has 0 N–H and O–H groups in total. The molecule has 33 heavy (non-hydrogen) atoms. The molecule has 11 heteroatoms. The molecule has 1 aliphatic heterocycles. The number of hydrogen-bond donors (Lipinski definition) is 0. The van der Waals surface area contributed by atoms with Gasteiger partial charge in [0.1, 0.15) is 16.1 Å². The number of hydrogen-bond acceptors (Lipinski definition) is 6. The largest absolute Gasteiger partial charge is 0.444 e. The fourth-order valence-electron chi connectivity index (χ4n) is 4.09. The fraction of sp³-hybridized carbons (Fsp3) is 0.455. The summed E-state index contributed by atoms with van der Waals surface area (Å²) >= 11 is 7.55. The third-order valence-corrected chi connectivity index (χ3v) is 6.95. The summed E-state index contributed by atoms with van der Waals surface area (Å²) in [6.07, 6.45) is 5.03. The molecule has 0 spiro atoms. The second-order valence-electron chi connectivity index (χ2n) is 9.33. The van der Waals surface area contributed by atoms with E-state index in [0.717, 1.165) is 23.9 Å². The van der Waals surface area contributed by atoms with Crippen molar-refractivity contribution in [3.8, 4) is 10.6 Å². The van der Waals surface area contributed by atoms with Crippen molar-refractivity contribution in [2.75, 3.05) is 13.1 Å². The van der Waals surface area contributed by atoms with E-state index in [4.69, 9.17) is 21.3 Å². The summed E-state index contributed by atoms with van der Waals surface area (Å²) in [6.45, 7) is 6.85. The van der Waals surface area contributed by atoms with Gasteiger partial charge in [-0.3, -0.25) is 4.68 Å². The van der Waals surface area contributed by atoms with Gasteiger partial charge in [-0.1, -0.05) is 22.9 Å². The van der Waals surface area contributed by atoms with Crippen molar-refractivity contribution in [1.82, 2.24) is 29.3 Å². The van der Waals surface area contributed by atoms with Gasteiger partial charge in [0.15, 0.2) is 10.8 Å². The average Bonchev–Trinajstić information content (AvgIpc) is 3.42. The predicted molar refractivity (Wildman–Crippen MR) is 125 cm³/mol. The van der Waals surface area contributed by atoms with Crippen LogP contribution in [-0.2, 0) is 11.8 Å². The number of nitrogens with zero attached hydrogens (tertiary/aromatic N) is 6. The maximum atomic E-state index is 14.9. The fourth-order valence-corrected chi connectivity index (χ4v) is 5.23. The van der Waals surface area contributed by atoms with Gasteiger partial charge >= 0.3 is 6.09 Å². The second-order valence-corrected chi connectivity index (χ2v) is 10.7. The summed E-state index contributed by atoms with van der Waals surface area (Å²) in [5.74, 6) is -0.298. The molecule has 0 bridgehead atoms. The number of amides is 1. The molecule has 0 saturated carbocycles. The number of halogens is 2. The number of likely N-dealkylation sites (tertiary alicyclic amines) is 1. The number of ether oxygens (including phenoxy) is 1. The lowest BCUT2D eigenvalue weighted by molar-refractivity contribution is 0.0204. The molecule has 4 aromatic rings. The van der Waals surface area contributed by atoms with E-state index < -0.39 is 11.4 Å². The molecule has 0 radical (unpaired) electrons. The van der Waals surface area contributed by atoms with Crippen LogP contribution in [0.15, 0.2) is 18.5 Å². The summed E-state index contributed by atoms with van der Waals surface area (Å²) < 4.78 is 23.7. The Kier molecular flexibility index (Phi) is 5.32. The number of carbonyl (C=O) groups excluding carboxylic acids is 1. The standard InChI is InChI=1S/C22H24ClFN6O2S/c1-22(2,3)32-21(31)29-7-5-12(6-8-29)15-11-30-20(25-15)33-19(27-30)14-9-13-10-28(4)26-18(13)16(23)17(14)24/h9-12H,5-8H2,1-4H3. The zero-order valence-electron chi connectivity index (χ0n) is 18.8. The van der Waals surface area contributed by atoms with Crippen molar-refractivity contribution < 1.29 is 13.9 Å². The first kappa shape index (κ1) is 22.1. The minimum absolute atomic E-state index is 0.00613. The molecule has 1 fully saturated rings. The Hall–Kier alpha value is -2.72. The van der Waals surface area contributed by atoms with Gasteiger partial charge in [0.2, 0.25) is 4.96 Å². The Balaban J connectivity index is 1.34. The molecule has 1 saturated heterocycles. The van der Waals surface area contributed by atoms with E-state index in [0.29, 0.717) is 34.1 Å². The Labute approximate surface area is 198 Å². The Morgan fingerprint density at radius 1 is 1.24 bits per heavy atom. The van der Waals surface area contributed by atoms with E-state index in [1.54, 1.807) is 33.4 Å². The lowest BCUT2D eigenvalue weighted by Crippen LogP contribution is -2.41. The number of rotatable bonds is 2. The second kappa shape index (κ2) is 7.95. The van der Waals surface area contributed by atoms with Crippen LogP contribution in [0.5, 0.6) is 0 Å². The van der Waals surface area contributed by atoms with Gasteiger partial charge in [0.05, 0.1) is 17.5 Å². The van der Waals surface area contributed by atoms with Gasteiger partial charge in [-0.2, -0.15) is 10.2 Å². The Morgan fingerprint density at radius 2 is 1.97 bits per heavy atom. The van der Waals surface area contributed by atoms with Crippen molar-refractivity contribution in [3.63, 3.8) is 0 Å². The monoisotopic (exact) mass is 490 g/mol. The van der Waals surface area contributed by atoms with Gasteiger partial charge in [-0.15, -0.1) is 0 Å². The molecule has 0 atom stereocenters. The molecular formula is C22H24ClFN6O2S. The van der Waals surface area contributed by atoms with Crippen LogP contribution in [0.2, 0.25) is 5.02 Å². The third kappa shape index (κ3) is 4.17. The molecule has 174 valence electrons. The first-order chi connectivity index (χ1) is 15.6. The van der Waals surface area contributed by atoms with E-state index in [1.165, 1.54) is 11.3 Å². The Bertz CT molecular complexity index is 1330. The lowest BCUT2D eigenvalue weighted by atomic mass is 9.94. The van der Waals surface area contributed by atoms with Crippen molar-refractivity contribution in [1.29, 1.82) is 0 Å². The van der Waals surface area contributed by atoms with Gasteiger partial charge in [0, 0.05) is 37.6 Å². The maximum Gasteiger partial charge on any atom is 0.410 e. The number of aryl methyl sites for hydroxylation is 1. The molecule has 1 aliphatic rings. The number of benzene rings is 1. The van der Waals surface area contributed by atoms with Crippen LogP contribution in [0, 0.1) is 5.82 Å². The highest BCUT2D eigenvalue weighted by Gasteiger charge is 2.29. The quantitative estimate of drug-likeness (QED) is 0.383. The van der Waals surface area contributed by atoms with Crippen LogP contribution in [0.25, 0.3) is 26.4 Å². The van der Waals surface area contributed by atoms with Gasteiger partial charge in [0.25, 0.3) is 0 Å². The number of piperidine rings is 1. The zero-order valence-corrected chi connectivity index (χ0v) is 20.4. The van der Waals surface area contributed by atoms with E-state index in [-0.39, 0.29) is 17.0 Å². The molecule has 1 aromatic carbocycles. The van der Waals surface area contributed by atoms with Crippen molar-refractivity contribution in [2.24, 2.45) is 7.05 Å². The highest BCUT2D eigenvalue weighted by Crippen LogP contribution is 2.36. The molecular weight excluding hydrogens is 467 g/mol. The summed E-state index contributed by atoms with van der Waals surface area (Å²) in [7, 11) is 1.77. The summed E-state index contributed by atoms with van der Waals surface area (Å²) in [6, 6.07) is 1.72.